The number of rotatable bonds is 3. The molecule has 1 aliphatic heterocycles. The first kappa shape index (κ1) is 16.5. The third-order valence-electron chi connectivity index (χ3n) is 3.91. The van der Waals surface area contributed by atoms with Crippen LogP contribution < -0.4 is 10.1 Å². The van der Waals surface area contributed by atoms with Gasteiger partial charge in [0.05, 0.1) is 12.0 Å². The second kappa shape index (κ2) is 6.29. The molecule has 0 spiro atoms. The number of fused-ring (bicyclic) bond motifs is 1. The molecular formula is C19H18ClNO3. The second-order valence-electron chi connectivity index (χ2n) is 6.45. The van der Waals surface area contributed by atoms with Gasteiger partial charge in [-0.15, -0.1) is 0 Å². The van der Waals surface area contributed by atoms with Crippen molar-refractivity contribution in [2.75, 3.05) is 0 Å². The Morgan fingerprint density at radius 2 is 2.00 bits per heavy atom. The monoisotopic (exact) mass is 343 g/mol. The van der Waals surface area contributed by atoms with Crippen LogP contribution in [-0.4, -0.2) is 17.3 Å². The minimum Gasteiger partial charge on any atom is -0.487 e. The summed E-state index contributed by atoms with van der Waals surface area (Å²) < 4.78 is 5.80. The van der Waals surface area contributed by atoms with Crippen molar-refractivity contribution in [3.8, 4) is 5.75 Å². The molecule has 1 heterocycles. The van der Waals surface area contributed by atoms with Crippen LogP contribution in [0.4, 0.5) is 0 Å². The summed E-state index contributed by atoms with van der Waals surface area (Å²) in [5.41, 5.74) is 1.21. The molecule has 0 radical (unpaired) electrons. The predicted octanol–water partition coefficient (Wildman–Crippen LogP) is 4.01. The highest BCUT2D eigenvalue weighted by Crippen LogP contribution is 2.33. The topological polar surface area (TPSA) is 55.4 Å². The number of carbonyl (C=O) groups excluding carboxylic acids is 2. The van der Waals surface area contributed by atoms with E-state index in [1.165, 1.54) is 0 Å². The largest absolute Gasteiger partial charge is 0.487 e. The number of hydrogen-bond acceptors (Lipinski definition) is 3. The zero-order valence-electron chi connectivity index (χ0n) is 13.6. The lowest BCUT2D eigenvalue weighted by atomic mass is 9.92. The Hall–Kier alpha value is -2.33. The van der Waals surface area contributed by atoms with E-state index in [-0.39, 0.29) is 11.7 Å². The van der Waals surface area contributed by atoms with Crippen molar-refractivity contribution in [2.24, 2.45) is 0 Å². The Labute approximate surface area is 145 Å². The van der Waals surface area contributed by atoms with Gasteiger partial charge in [0.1, 0.15) is 11.4 Å². The number of halogens is 1. The molecule has 1 N–H and O–H groups in total. The lowest BCUT2D eigenvalue weighted by Gasteiger charge is -2.31. The smallest absolute Gasteiger partial charge is 0.251 e. The normalized spacial score (nSPS) is 15.4. The minimum atomic E-state index is -0.516. The summed E-state index contributed by atoms with van der Waals surface area (Å²) >= 11 is 6.08. The van der Waals surface area contributed by atoms with E-state index >= 15 is 0 Å². The van der Waals surface area contributed by atoms with Crippen molar-refractivity contribution >= 4 is 23.3 Å². The van der Waals surface area contributed by atoms with Gasteiger partial charge in [0.25, 0.3) is 5.91 Å². The van der Waals surface area contributed by atoms with Gasteiger partial charge in [-0.2, -0.15) is 0 Å². The van der Waals surface area contributed by atoms with Crippen LogP contribution in [0.25, 0.3) is 0 Å². The van der Waals surface area contributed by atoms with Crippen molar-refractivity contribution in [3.05, 3.63) is 64.2 Å². The highest BCUT2D eigenvalue weighted by molar-refractivity contribution is 6.31. The summed E-state index contributed by atoms with van der Waals surface area (Å²) in [6, 6.07) is 12.3. The predicted molar refractivity (Wildman–Crippen MR) is 92.7 cm³/mol. The number of nitrogens with one attached hydrogen (secondary N) is 1. The van der Waals surface area contributed by atoms with E-state index in [9.17, 15) is 9.59 Å². The first-order chi connectivity index (χ1) is 11.4. The Morgan fingerprint density at radius 3 is 2.75 bits per heavy atom. The van der Waals surface area contributed by atoms with Gasteiger partial charge in [0.2, 0.25) is 0 Å². The summed E-state index contributed by atoms with van der Waals surface area (Å²) in [6.45, 7) is 4.07. The molecule has 1 amide bonds. The van der Waals surface area contributed by atoms with Crippen LogP contribution in [-0.2, 0) is 6.54 Å². The summed E-state index contributed by atoms with van der Waals surface area (Å²) in [7, 11) is 0. The number of amides is 1. The van der Waals surface area contributed by atoms with Gasteiger partial charge in [-0.25, -0.2) is 0 Å². The standard InChI is InChI=1S/C19H18ClNO3/c1-19(2)10-16(22)14-9-12(7-8-17(14)24-19)18(23)21-11-13-5-3-4-6-15(13)20/h3-9H,10-11H2,1-2H3,(H,21,23). The van der Waals surface area contributed by atoms with Crippen LogP contribution in [0.5, 0.6) is 5.75 Å². The first-order valence-corrected chi connectivity index (χ1v) is 8.11. The van der Waals surface area contributed by atoms with Crippen molar-refractivity contribution < 1.29 is 14.3 Å². The Balaban J connectivity index is 1.76. The van der Waals surface area contributed by atoms with E-state index in [1.54, 1.807) is 24.3 Å². The molecule has 0 aromatic heterocycles. The number of hydrogen-bond donors (Lipinski definition) is 1. The van der Waals surface area contributed by atoms with Gasteiger partial charge >= 0.3 is 0 Å². The van der Waals surface area contributed by atoms with Crippen LogP contribution in [0.3, 0.4) is 0 Å². The summed E-state index contributed by atoms with van der Waals surface area (Å²) in [6.07, 6.45) is 0.296. The van der Waals surface area contributed by atoms with Gasteiger partial charge in [0.15, 0.2) is 5.78 Å². The second-order valence-corrected chi connectivity index (χ2v) is 6.85. The van der Waals surface area contributed by atoms with Crippen LogP contribution in [0.15, 0.2) is 42.5 Å². The van der Waals surface area contributed by atoms with Gasteiger partial charge in [-0.1, -0.05) is 29.8 Å². The molecule has 24 heavy (non-hydrogen) atoms. The number of ether oxygens (including phenoxy) is 1. The van der Waals surface area contributed by atoms with Crippen molar-refractivity contribution in [3.63, 3.8) is 0 Å². The molecule has 4 nitrogen and oxygen atoms in total. The van der Waals surface area contributed by atoms with Gasteiger partial charge < -0.3 is 10.1 Å². The van der Waals surface area contributed by atoms with E-state index in [4.69, 9.17) is 16.3 Å². The van der Waals surface area contributed by atoms with E-state index in [1.807, 2.05) is 32.0 Å². The molecule has 0 saturated heterocycles. The summed E-state index contributed by atoms with van der Waals surface area (Å²) in [5.74, 6) is 0.260. The molecule has 0 saturated carbocycles. The Kier molecular flexibility index (Phi) is 4.33. The van der Waals surface area contributed by atoms with E-state index in [2.05, 4.69) is 5.32 Å². The lowest BCUT2D eigenvalue weighted by molar-refractivity contribution is 0.0620. The fraction of sp³-hybridized carbons (Fsp3) is 0.263. The molecule has 0 bridgehead atoms. The van der Waals surface area contributed by atoms with Crippen LogP contribution in [0.1, 0.15) is 46.5 Å². The number of ketones is 1. The molecule has 0 fully saturated rings. The van der Waals surface area contributed by atoms with E-state index in [0.29, 0.717) is 34.9 Å². The third kappa shape index (κ3) is 3.44. The quantitative estimate of drug-likeness (QED) is 0.916. The molecule has 0 unspecified atom stereocenters. The molecule has 0 aliphatic carbocycles. The number of Topliss-reactive ketones (excluding diaryl/α,β-unsaturated/α-hetero) is 1. The zero-order chi connectivity index (χ0) is 17.3. The van der Waals surface area contributed by atoms with E-state index < -0.39 is 5.60 Å². The van der Waals surface area contributed by atoms with Gasteiger partial charge in [-0.05, 0) is 43.7 Å². The highest BCUT2D eigenvalue weighted by Gasteiger charge is 2.32. The van der Waals surface area contributed by atoms with Crippen LogP contribution in [0.2, 0.25) is 5.02 Å². The average Bonchev–Trinajstić information content (AvgIpc) is 2.52. The molecular weight excluding hydrogens is 326 g/mol. The molecule has 2 aromatic rings. The minimum absolute atomic E-state index is 0.0120. The van der Waals surface area contributed by atoms with Crippen LogP contribution in [0, 0.1) is 0 Å². The summed E-state index contributed by atoms with van der Waals surface area (Å²) in [4.78, 5) is 24.6. The van der Waals surface area contributed by atoms with Crippen molar-refractivity contribution in [1.82, 2.24) is 5.32 Å². The molecule has 0 atom stereocenters. The maximum Gasteiger partial charge on any atom is 0.251 e. The average molecular weight is 344 g/mol. The third-order valence-corrected chi connectivity index (χ3v) is 4.28. The summed E-state index contributed by atoms with van der Waals surface area (Å²) in [5, 5.41) is 3.42. The lowest BCUT2D eigenvalue weighted by Crippen LogP contribution is -2.36. The van der Waals surface area contributed by atoms with Gasteiger partial charge in [-0.3, -0.25) is 9.59 Å². The molecule has 1 aliphatic rings. The number of benzene rings is 2. The van der Waals surface area contributed by atoms with E-state index in [0.717, 1.165) is 5.56 Å². The van der Waals surface area contributed by atoms with Crippen LogP contribution >= 0.6 is 11.6 Å². The number of carbonyl (C=O) groups is 2. The fourth-order valence-electron chi connectivity index (χ4n) is 2.71. The SMILES string of the molecule is CC1(C)CC(=O)c2cc(C(=O)NCc3ccccc3Cl)ccc2O1. The maximum atomic E-state index is 12.3. The van der Waals surface area contributed by atoms with Crippen molar-refractivity contribution in [2.45, 2.75) is 32.4 Å². The Bertz CT molecular complexity index is 814. The fourth-order valence-corrected chi connectivity index (χ4v) is 2.92. The molecule has 3 rings (SSSR count). The molecule has 2 aromatic carbocycles. The molecule has 5 heteroatoms. The first-order valence-electron chi connectivity index (χ1n) is 7.74. The zero-order valence-corrected chi connectivity index (χ0v) is 14.3. The highest BCUT2D eigenvalue weighted by atomic mass is 35.5. The Morgan fingerprint density at radius 1 is 1.25 bits per heavy atom. The van der Waals surface area contributed by atoms with Gasteiger partial charge in [0, 0.05) is 17.1 Å². The maximum absolute atomic E-state index is 12.3. The molecule has 124 valence electrons. The van der Waals surface area contributed by atoms with Crippen molar-refractivity contribution in [1.29, 1.82) is 0 Å².